The van der Waals surface area contributed by atoms with E-state index >= 15 is 0 Å². The second kappa shape index (κ2) is 11.5. The van der Waals surface area contributed by atoms with Gasteiger partial charge in [-0.15, -0.1) is 0 Å². The molecule has 3 aliphatic carbocycles. The number of nitrogens with two attached hydrogens (primary N) is 1. The SMILES string of the molecule is CCCN(CCC)Cc1ccc(-c2ccc(O)c3c2CC2CC4CC(=O)C(C(N)=O)=C(O)C4(O)C(=O)C2=C3O)c2ccccc12. The lowest BCUT2D eigenvalue weighted by Crippen LogP contribution is -2.58. The monoisotopic (exact) mass is 610 g/mol. The number of Topliss-reactive ketones (excluding diaryl/α,β-unsaturated/α-hetero) is 2. The molecular weight excluding hydrogens is 572 g/mol. The summed E-state index contributed by atoms with van der Waals surface area (Å²) in [6.07, 6.45) is 2.10. The zero-order valence-electron chi connectivity index (χ0n) is 25.5. The lowest BCUT2D eigenvalue weighted by Gasteiger charge is -2.46. The summed E-state index contributed by atoms with van der Waals surface area (Å²) < 4.78 is 0. The number of hydrogen-bond donors (Lipinski definition) is 5. The molecule has 0 saturated heterocycles. The fourth-order valence-electron chi connectivity index (χ4n) is 7.75. The van der Waals surface area contributed by atoms with Gasteiger partial charge in [0.1, 0.15) is 22.8 Å². The van der Waals surface area contributed by atoms with E-state index in [0.717, 1.165) is 54.4 Å². The Morgan fingerprint density at radius 1 is 0.933 bits per heavy atom. The van der Waals surface area contributed by atoms with Crippen molar-refractivity contribution in [2.24, 2.45) is 17.6 Å². The third-order valence-corrected chi connectivity index (χ3v) is 9.73. The van der Waals surface area contributed by atoms with Gasteiger partial charge in [-0.05, 0) is 83.8 Å². The molecule has 3 aromatic carbocycles. The van der Waals surface area contributed by atoms with Crippen LogP contribution in [0.15, 0.2) is 65.4 Å². The van der Waals surface area contributed by atoms with Gasteiger partial charge in [-0.1, -0.05) is 56.3 Å². The predicted molar refractivity (Wildman–Crippen MR) is 170 cm³/mol. The molecule has 0 aromatic heterocycles. The Kier molecular flexibility index (Phi) is 7.79. The van der Waals surface area contributed by atoms with Crippen molar-refractivity contribution in [2.45, 2.75) is 58.1 Å². The Labute approximate surface area is 261 Å². The maximum absolute atomic E-state index is 13.9. The number of fused-ring (bicyclic) bond motifs is 4. The largest absolute Gasteiger partial charge is 0.508 e. The second-order valence-electron chi connectivity index (χ2n) is 12.5. The van der Waals surface area contributed by atoms with Crippen molar-refractivity contribution in [1.82, 2.24) is 4.90 Å². The van der Waals surface area contributed by atoms with Crippen LogP contribution in [0.5, 0.6) is 5.75 Å². The molecule has 45 heavy (non-hydrogen) atoms. The summed E-state index contributed by atoms with van der Waals surface area (Å²) in [5.74, 6) is -6.39. The predicted octanol–water partition coefficient (Wildman–Crippen LogP) is 4.87. The van der Waals surface area contributed by atoms with Crippen LogP contribution in [0, 0.1) is 11.8 Å². The standard InChI is InChI=1S/C36H38N2O7/c1-3-13-38(14-4-2)18-19-9-10-24(23-8-6-5-7-22(19)23)25-11-12-27(39)30-26(25)16-20-15-21-17-28(40)31(35(37)44)34(43)36(21,45)33(42)29(20)32(30)41/h5-12,20-21,39,41,43,45H,3-4,13-18H2,1-2H3,(H2,37,44). The first kappa shape index (κ1) is 30.6. The number of ketones is 2. The number of phenols is 1. The molecule has 1 amide bonds. The molecule has 9 heteroatoms. The smallest absolute Gasteiger partial charge is 0.255 e. The third-order valence-electron chi connectivity index (χ3n) is 9.73. The van der Waals surface area contributed by atoms with E-state index < -0.39 is 52.0 Å². The van der Waals surface area contributed by atoms with E-state index in [0.29, 0.717) is 5.56 Å². The van der Waals surface area contributed by atoms with E-state index in [9.17, 15) is 34.8 Å². The highest BCUT2D eigenvalue weighted by atomic mass is 16.3. The van der Waals surface area contributed by atoms with Crippen LogP contribution >= 0.6 is 0 Å². The number of hydrogen-bond acceptors (Lipinski definition) is 8. The van der Waals surface area contributed by atoms with Gasteiger partial charge in [-0.25, -0.2) is 0 Å². The van der Waals surface area contributed by atoms with Gasteiger partial charge in [-0.2, -0.15) is 0 Å². The molecule has 234 valence electrons. The van der Waals surface area contributed by atoms with E-state index in [-0.39, 0.29) is 36.1 Å². The van der Waals surface area contributed by atoms with Crippen LogP contribution in [-0.4, -0.2) is 61.5 Å². The Morgan fingerprint density at radius 3 is 2.27 bits per heavy atom. The van der Waals surface area contributed by atoms with Crippen molar-refractivity contribution in [3.8, 4) is 16.9 Å². The van der Waals surface area contributed by atoms with E-state index in [4.69, 9.17) is 5.73 Å². The minimum absolute atomic E-state index is 0.0857. The van der Waals surface area contributed by atoms with Crippen LogP contribution in [0.1, 0.15) is 56.2 Å². The topological polar surface area (TPSA) is 161 Å². The van der Waals surface area contributed by atoms with Gasteiger partial charge in [0.2, 0.25) is 5.78 Å². The van der Waals surface area contributed by atoms with Crippen molar-refractivity contribution in [3.05, 3.63) is 82.1 Å². The number of carbonyl (C=O) groups excluding carboxylic acids is 3. The van der Waals surface area contributed by atoms with Gasteiger partial charge < -0.3 is 26.2 Å². The number of primary amides is 1. The van der Waals surface area contributed by atoms with E-state index in [1.165, 1.54) is 11.6 Å². The fourth-order valence-corrected chi connectivity index (χ4v) is 7.75. The summed E-state index contributed by atoms with van der Waals surface area (Å²) in [7, 11) is 0. The van der Waals surface area contributed by atoms with Crippen LogP contribution in [0.25, 0.3) is 27.7 Å². The van der Waals surface area contributed by atoms with Gasteiger partial charge in [0.05, 0.1) is 5.56 Å². The summed E-state index contributed by atoms with van der Waals surface area (Å²) in [6.45, 7) is 7.18. The van der Waals surface area contributed by atoms with Gasteiger partial charge in [-0.3, -0.25) is 19.3 Å². The molecule has 0 bridgehead atoms. The van der Waals surface area contributed by atoms with Gasteiger partial charge in [0, 0.05) is 24.5 Å². The van der Waals surface area contributed by atoms with Crippen molar-refractivity contribution < 1.29 is 34.8 Å². The number of nitrogens with zero attached hydrogens (tertiary/aromatic N) is 1. The number of aromatic hydroxyl groups is 1. The first-order valence-corrected chi connectivity index (χ1v) is 15.6. The van der Waals surface area contributed by atoms with E-state index in [2.05, 4.69) is 43.0 Å². The van der Waals surface area contributed by atoms with Crippen molar-refractivity contribution >= 4 is 34.0 Å². The Hall–Kier alpha value is -4.47. The maximum Gasteiger partial charge on any atom is 0.255 e. The molecule has 9 nitrogen and oxygen atoms in total. The van der Waals surface area contributed by atoms with Gasteiger partial charge in [0.15, 0.2) is 11.4 Å². The van der Waals surface area contributed by atoms with Crippen molar-refractivity contribution in [2.75, 3.05) is 13.1 Å². The first-order valence-electron chi connectivity index (χ1n) is 15.6. The molecule has 1 saturated carbocycles. The average molecular weight is 611 g/mol. The highest BCUT2D eigenvalue weighted by Gasteiger charge is 2.60. The fraction of sp³-hybridized carbons (Fsp3) is 0.361. The molecule has 3 aliphatic rings. The third kappa shape index (κ3) is 4.73. The van der Waals surface area contributed by atoms with Gasteiger partial charge >= 0.3 is 0 Å². The normalized spacial score (nSPS) is 22.9. The summed E-state index contributed by atoms with van der Waals surface area (Å²) in [5.41, 5.74) is 5.41. The number of aliphatic hydroxyl groups excluding tert-OH is 2. The summed E-state index contributed by atoms with van der Waals surface area (Å²) in [5, 5.41) is 47.0. The molecule has 1 fully saturated rings. The lowest BCUT2D eigenvalue weighted by molar-refractivity contribution is -0.147. The zero-order chi connectivity index (χ0) is 32.2. The molecule has 0 aliphatic heterocycles. The molecule has 3 atom stereocenters. The molecule has 3 aromatic rings. The van der Waals surface area contributed by atoms with Crippen LogP contribution in [0.4, 0.5) is 0 Å². The number of rotatable bonds is 8. The van der Waals surface area contributed by atoms with Crippen LogP contribution in [-0.2, 0) is 27.3 Å². The highest BCUT2D eigenvalue weighted by molar-refractivity contribution is 6.22. The molecule has 0 radical (unpaired) electrons. The summed E-state index contributed by atoms with van der Waals surface area (Å²) in [6, 6.07) is 15.6. The Bertz CT molecular complexity index is 1820. The molecule has 0 heterocycles. The van der Waals surface area contributed by atoms with Crippen LogP contribution < -0.4 is 5.73 Å². The summed E-state index contributed by atoms with van der Waals surface area (Å²) in [4.78, 5) is 40.9. The summed E-state index contributed by atoms with van der Waals surface area (Å²) >= 11 is 0. The molecule has 6 rings (SSSR count). The lowest BCUT2D eigenvalue weighted by atomic mass is 9.59. The zero-order valence-corrected chi connectivity index (χ0v) is 25.5. The number of phenolic OH excluding ortho intramolecular Hbond substituents is 1. The van der Waals surface area contributed by atoms with Crippen LogP contribution in [0.2, 0.25) is 0 Å². The van der Waals surface area contributed by atoms with Crippen LogP contribution in [0.3, 0.4) is 0 Å². The molecule has 3 unspecified atom stereocenters. The quantitative estimate of drug-likeness (QED) is 0.226. The minimum atomic E-state index is -2.59. The van der Waals surface area contributed by atoms with Gasteiger partial charge in [0.25, 0.3) is 5.91 Å². The number of benzene rings is 3. The van der Waals surface area contributed by atoms with E-state index in [1.807, 2.05) is 18.2 Å². The number of aliphatic hydroxyl groups is 3. The van der Waals surface area contributed by atoms with Crippen molar-refractivity contribution in [3.63, 3.8) is 0 Å². The van der Waals surface area contributed by atoms with E-state index in [1.54, 1.807) is 0 Å². The highest BCUT2D eigenvalue weighted by Crippen LogP contribution is 2.53. The minimum Gasteiger partial charge on any atom is -0.508 e. The molecular formula is C36H38N2O7. The molecule has 6 N–H and O–H groups in total. The first-order chi connectivity index (χ1) is 21.5. The molecule has 0 spiro atoms. The van der Waals surface area contributed by atoms with Crippen molar-refractivity contribution in [1.29, 1.82) is 0 Å². The number of carbonyl (C=O) groups is 3. The Balaban J connectivity index is 1.49. The second-order valence-corrected chi connectivity index (χ2v) is 12.5. The Morgan fingerprint density at radius 2 is 1.60 bits per heavy atom. The maximum atomic E-state index is 13.9. The average Bonchev–Trinajstić information content (AvgIpc) is 2.99. The number of amides is 1.